The molecule has 10 nitrogen and oxygen atoms in total. The first-order valence-corrected chi connectivity index (χ1v) is 15.5. The van der Waals surface area contributed by atoms with Gasteiger partial charge in [-0.1, -0.05) is 77.8 Å². The zero-order valence-electron chi connectivity index (χ0n) is 20.5. The van der Waals surface area contributed by atoms with Crippen LogP contribution in [0.15, 0.2) is 64.0 Å². The van der Waals surface area contributed by atoms with Gasteiger partial charge in [-0.05, 0) is 22.8 Å². The molecule has 1 fully saturated rings. The van der Waals surface area contributed by atoms with E-state index in [-0.39, 0.29) is 28.4 Å². The molecule has 1 saturated heterocycles. The molecule has 2 amide bonds. The molecule has 0 unspecified atom stereocenters. The molecular formula is C25H26N6O4S4. The van der Waals surface area contributed by atoms with Crippen LogP contribution in [0.2, 0.25) is 0 Å². The summed E-state index contributed by atoms with van der Waals surface area (Å²) in [5.74, 6) is -0.700. The van der Waals surface area contributed by atoms with Crippen LogP contribution in [0.1, 0.15) is 16.7 Å². The van der Waals surface area contributed by atoms with Crippen LogP contribution in [-0.2, 0) is 32.3 Å². The first-order valence-electron chi connectivity index (χ1n) is 11.6. The van der Waals surface area contributed by atoms with Crippen LogP contribution in [-0.4, -0.2) is 55.3 Å². The van der Waals surface area contributed by atoms with Crippen molar-refractivity contribution in [1.82, 2.24) is 10.2 Å². The number of carboxylic acid groups (broad SMARTS) is 1. The molecule has 0 saturated carbocycles. The van der Waals surface area contributed by atoms with E-state index >= 15 is 0 Å². The van der Waals surface area contributed by atoms with Crippen molar-refractivity contribution in [2.75, 3.05) is 5.75 Å². The Morgan fingerprint density at radius 3 is 2.41 bits per heavy atom. The van der Waals surface area contributed by atoms with Crippen LogP contribution < -0.4 is 16.8 Å². The molecule has 2 aliphatic heterocycles. The molecule has 2 aliphatic rings. The van der Waals surface area contributed by atoms with Crippen molar-refractivity contribution < 1.29 is 19.5 Å². The van der Waals surface area contributed by atoms with Crippen molar-refractivity contribution in [2.45, 2.75) is 34.2 Å². The monoisotopic (exact) mass is 602 g/mol. The topological polar surface area (TPSA) is 186 Å². The molecule has 14 heteroatoms. The predicted octanol–water partition coefficient (Wildman–Crippen LogP) is 2.97. The van der Waals surface area contributed by atoms with E-state index in [1.54, 1.807) is 0 Å². The Hall–Kier alpha value is -3.07. The zero-order valence-corrected chi connectivity index (χ0v) is 23.8. The Kier molecular flexibility index (Phi) is 9.53. The van der Waals surface area contributed by atoms with E-state index in [1.807, 2.05) is 48.5 Å². The maximum atomic E-state index is 13.0. The first kappa shape index (κ1) is 28.9. The second-order valence-corrected chi connectivity index (χ2v) is 12.8. The summed E-state index contributed by atoms with van der Waals surface area (Å²) < 4.78 is 0. The molecule has 2 aromatic carbocycles. The molecule has 0 aromatic heterocycles. The van der Waals surface area contributed by atoms with Gasteiger partial charge in [-0.2, -0.15) is 0 Å². The second-order valence-electron chi connectivity index (χ2n) is 8.54. The van der Waals surface area contributed by atoms with Crippen LogP contribution in [0.3, 0.4) is 0 Å². The van der Waals surface area contributed by atoms with Gasteiger partial charge >= 0.3 is 5.97 Å². The summed E-state index contributed by atoms with van der Waals surface area (Å²) in [5, 5.41) is 27.3. The van der Waals surface area contributed by atoms with Crippen molar-refractivity contribution in [1.29, 1.82) is 10.8 Å². The van der Waals surface area contributed by atoms with E-state index < -0.39 is 23.3 Å². The fourth-order valence-corrected chi connectivity index (χ4v) is 7.78. The lowest BCUT2D eigenvalue weighted by Gasteiger charge is -2.49. The average molecular weight is 603 g/mol. The maximum Gasteiger partial charge on any atom is 0.353 e. The summed E-state index contributed by atoms with van der Waals surface area (Å²) in [6, 6.07) is 14.1. The number of rotatable bonds is 10. The number of hydrogen-bond donors (Lipinski definition) is 6. The number of hydrogen-bond acceptors (Lipinski definition) is 9. The Morgan fingerprint density at radius 2 is 1.74 bits per heavy atom. The summed E-state index contributed by atoms with van der Waals surface area (Å²) in [6.07, 6.45) is 0.132. The minimum absolute atomic E-state index is 0.00641. The van der Waals surface area contributed by atoms with Crippen LogP contribution in [0, 0.1) is 10.8 Å². The largest absolute Gasteiger partial charge is 0.477 e. The first-order chi connectivity index (χ1) is 18.6. The molecule has 0 spiro atoms. The van der Waals surface area contributed by atoms with Crippen molar-refractivity contribution >= 4 is 75.2 Å². The normalized spacial score (nSPS) is 18.3. The Labute approximate surface area is 242 Å². The highest BCUT2D eigenvalue weighted by Crippen LogP contribution is 2.46. The second kappa shape index (κ2) is 12.9. The summed E-state index contributed by atoms with van der Waals surface area (Å²) in [7, 11) is 0. The number of amides is 2. The molecule has 204 valence electrons. The zero-order chi connectivity index (χ0) is 28.1. The van der Waals surface area contributed by atoms with Gasteiger partial charge < -0.3 is 21.9 Å². The third kappa shape index (κ3) is 7.12. The SMILES string of the molecule is N=C(N)SCc1ccc(SC2=C(C(=O)O)N3C(=O)[C@@H](NC(=O)Cc4ccccc4)[C@H]3SC2)c(CSC(=N)N)c1. The summed E-state index contributed by atoms with van der Waals surface area (Å²) in [6.45, 7) is 0. The number of β-lactam (4-membered cyclic amide) rings is 1. The van der Waals surface area contributed by atoms with E-state index in [2.05, 4.69) is 5.32 Å². The highest BCUT2D eigenvalue weighted by Gasteiger charge is 2.54. The van der Waals surface area contributed by atoms with Gasteiger partial charge in [-0.15, -0.1) is 11.8 Å². The Morgan fingerprint density at radius 1 is 1.05 bits per heavy atom. The van der Waals surface area contributed by atoms with Gasteiger partial charge in [0.1, 0.15) is 17.1 Å². The van der Waals surface area contributed by atoms with Crippen molar-refractivity contribution in [3.63, 3.8) is 0 Å². The molecule has 39 heavy (non-hydrogen) atoms. The van der Waals surface area contributed by atoms with Crippen LogP contribution in [0.5, 0.6) is 0 Å². The lowest BCUT2D eigenvalue weighted by Crippen LogP contribution is -2.70. The molecule has 0 aliphatic carbocycles. The molecule has 8 N–H and O–H groups in total. The minimum atomic E-state index is -1.21. The van der Waals surface area contributed by atoms with Gasteiger partial charge in [-0.25, -0.2) is 4.79 Å². The van der Waals surface area contributed by atoms with Gasteiger partial charge in [0.2, 0.25) is 5.91 Å². The molecule has 2 heterocycles. The number of carboxylic acids is 1. The number of nitrogens with two attached hydrogens (primary N) is 2. The fraction of sp³-hybridized carbons (Fsp3) is 0.240. The molecule has 2 aromatic rings. The molecular weight excluding hydrogens is 577 g/mol. The van der Waals surface area contributed by atoms with Gasteiger partial charge in [0.25, 0.3) is 5.91 Å². The number of carbonyl (C=O) groups is 3. The molecule has 2 atom stereocenters. The predicted molar refractivity (Wildman–Crippen MR) is 159 cm³/mol. The molecule has 4 rings (SSSR count). The average Bonchev–Trinajstić information content (AvgIpc) is 2.90. The smallest absolute Gasteiger partial charge is 0.353 e. The van der Waals surface area contributed by atoms with Gasteiger partial charge in [0.05, 0.1) is 6.42 Å². The van der Waals surface area contributed by atoms with Crippen molar-refractivity contribution in [3.05, 3.63) is 75.8 Å². The summed E-state index contributed by atoms with van der Waals surface area (Å²) in [5.41, 5.74) is 13.5. The van der Waals surface area contributed by atoms with Crippen LogP contribution >= 0.6 is 47.0 Å². The number of nitrogens with zero attached hydrogens (tertiary/aromatic N) is 1. The molecule has 0 bridgehead atoms. The van der Waals surface area contributed by atoms with Gasteiger partial charge in [0.15, 0.2) is 10.3 Å². The number of thioether (sulfide) groups is 4. The minimum Gasteiger partial charge on any atom is -0.477 e. The Balaban J connectivity index is 1.52. The number of benzene rings is 2. The number of carbonyl (C=O) groups excluding carboxylic acids is 2. The standard InChI is InChI=1S/C25H26N6O4S4/c26-24(27)37-10-14-6-7-16(15(8-14)11-38-25(28)29)39-17-12-36-22-19(21(33)31(22)20(17)23(34)35)30-18(32)9-13-4-2-1-3-5-13/h1-8,19,22H,9-12H2,(H3,26,27)(H3,28,29)(H,30,32)(H,34,35)/t19-,22-/m1/s1. The highest BCUT2D eigenvalue weighted by atomic mass is 32.2. The third-order valence-electron chi connectivity index (χ3n) is 5.80. The third-order valence-corrected chi connectivity index (χ3v) is 10.0. The number of nitrogens with one attached hydrogen (secondary N) is 3. The van der Waals surface area contributed by atoms with Crippen LogP contribution in [0.25, 0.3) is 0 Å². The number of amidine groups is 2. The van der Waals surface area contributed by atoms with Crippen LogP contribution in [0.4, 0.5) is 0 Å². The summed E-state index contributed by atoms with van der Waals surface area (Å²) in [4.78, 5) is 40.5. The van der Waals surface area contributed by atoms with Gasteiger partial charge in [0, 0.05) is 27.1 Å². The molecule has 0 radical (unpaired) electrons. The lowest BCUT2D eigenvalue weighted by atomic mass is 10.0. The van der Waals surface area contributed by atoms with Gasteiger partial charge in [-0.3, -0.25) is 25.3 Å². The summed E-state index contributed by atoms with van der Waals surface area (Å²) >= 11 is 5.02. The van der Waals surface area contributed by atoms with E-state index in [1.165, 1.54) is 40.2 Å². The van der Waals surface area contributed by atoms with Crippen molar-refractivity contribution in [2.24, 2.45) is 11.5 Å². The number of aliphatic carboxylic acids is 1. The lowest BCUT2D eigenvalue weighted by molar-refractivity contribution is -0.150. The quantitative estimate of drug-likeness (QED) is 0.134. The Bertz CT molecular complexity index is 1350. The van der Waals surface area contributed by atoms with E-state index in [4.69, 9.17) is 22.3 Å². The van der Waals surface area contributed by atoms with E-state index in [9.17, 15) is 19.5 Å². The van der Waals surface area contributed by atoms with E-state index in [0.717, 1.165) is 33.3 Å². The highest BCUT2D eigenvalue weighted by molar-refractivity contribution is 8.13. The van der Waals surface area contributed by atoms with E-state index in [0.29, 0.717) is 22.2 Å². The number of fused-ring (bicyclic) bond motifs is 1. The maximum absolute atomic E-state index is 13.0. The van der Waals surface area contributed by atoms with Crippen molar-refractivity contribution in [3.8, 4) is 0 Å². The fourth-order valence-electron chi connectivity index (χ4n) is 4.06.